The Morgan fingerprint density at radius 1 is 0.900 bits per heavy atom. The van der Waals surface area contributed by atoms with Crippen molar-refractivity contribution in [2.45, 2.75) is 38.2 Å². The summed E-state index contributed by atoms with van der Waals surface area (Å²) in [5, 5.41) is 18.6. The van der Waals surface area contributed by atoms with E-state index in [2.05, 4.69) is 0 Å². The van der Waals surface area contributed by atoms with Crippen molar-refractivity contribution in [3.8, 4) is 23.0 Å². The van der Waals surface area contributed by atoms with E-state index >= 15 is 0 Å². The molecule has 0 amide bonds. The fraction of sp³-hybridized carbons (Fsp3) is 0.355. The molecule has 0 bridgehead atoms. The maximum absolute atomic E-state index is 11.7. The zero-order chi connectivity index (χ0) is 28.3. The van der Waals surface area contributed by atoms with Gasteiger partial charge in [0.25, 0.3) is 0 Å². The van der Waals surface area contributed by atoms with Gasteiger partial charge in [-0.25, -0.2) is 4.79 Å². The molecule has 0 saturated carbocycles. The summed E-state index contributed by atoms with van der Waals surface area (Å²) in [6, 6.07) is 21.2. The molecule has 1 atom stereocenters. The first-order valence-corrected chi connectivity index (χ1v) is 13.4. The van der Waals surface area contributed by atoms with E-state index in [0.29, 0.717) is 38.3 Å². The number of nitrogens with zero attached hydrogens (tertiary/aromatic N) is 1. The highest BCUT2D eigenvalue weighted by Crippen LogP contribution is 2.37. The number of carboxylic acid groups (broad SMARTS) is 2. The highest BCUT2D eigenvalue weighted by atomic mass is 16.5. The maximum atomic E-state index is 11.7. The molecule has 1 unspecified atom stereocenters. The first-order valence-electron chi connectivity index (χ1n) is 13.4. The lowest BCUT2D eigenvalue weighted by Crippen LogP contribution is -2.45. The van der Waals surface area contributed by atoms with Gasteiger partial charge in [0.2, 0.25) is 6.10 Å². The van der Waals surface area contributed by atoms with E-state index in [-0.39, 0.29) is 13.0 Å². The number of carboxylic acids is 2. The highest BCUT2D eigenvalue weighted by molar-refractivity contribution is 5.77. The zero-order valence-corrected chi connectivity index (χ0v) is 22.6. The van der Waals surface area contributed by atoms with E-state index < -0.39 is 18.0 Å². The van der Waals surface area contributed by atoms with Gasteiger partial charge in [0.15, 0.2) is 0 Å². The number of methoxy groups -OCH3 is 1. The predicted molar refractivity (Wildman–Crippen MR) is 150 cm³/mol. The van der Waals surface area contributed by atoms with Crippen molar-refractivity contribution >= 4 is 17.6 Å². The summed E-state index contributed by atoms with van der Waals surface area (Å²) < 4.78 is 22.7. The van der Waals surface area contributed by atoms with Gasteiger partial charge < -0.3 is 34.1 Å². The minimum Gasteiger partial charge on any atom is -0.497 e. The third-order valence-electron chi connectivity index (χ3n) is 6.63. The van der Waals surface area contributed by atoms with Crippen LogP contribution in [0.3, 0.4) is 0 Å². The molecule has 0 aromatic heterocycles. The molecular weight excluding hydrogens is 514 g/mol. The second-order valence-corrected chi connectivity index (χ2v) is 9.53. The SMILES string of the molecule is COc1cccc(OCCCOc2ccc(CCc3cccc4c3OC(C(=O)O)CN4CCCC(=O)O)cc2)c1. The van der Waals surface area contributed by atoms with Crippen molar-refractivity contribution in [3.05, 3.63) is 77.9 Å². The minimum absolute atomic E-state index is 0.0287. The summed E-state index contributed by atoms with van der Waals surface area (Å²) in [6.45, 7) is 1.70. The van der Waals surface area contributed by atoms with Gasteiger partial charge in [-0.1, -0.05) is 30.3 Å². The lowest BCUT2D eigenvalue weighted by Gasteiger charge is -2.35. The Balaban J connectivity index is 1.28. The van der Waals surface area contributed by atoms with Crippen LogP contribution in [-0.4, -0.2) is 61.7 Å². The van der Waals surface area contributed by atoms with Crippen LogP contribution in [0.2, 0.25) is 0 Å². The molecule has 3 aromatic rings. The molecule has 0 fully saturated rings. The molecule has 212 valence electrons. The third-order valence-corrected chi connectivity index (χ3v) is 6.63. The molecular formula is C31H35NO8. The number of anilines is 1. The molecule has 0 radical (unpaired) electrons. The van der Waals surface area contributed by atoms with Gasteiger partial charge in [-0.2, -0.15) is 0 Å². The number of ether oxygens (including phenoxy) is 4. The topological polar surface area (TPSA) is 115 Å². The molecule has 1 aliphatic heterocycles. The van der Waals surface area contributed by atoms with Crippen LogP contribution in [0.25, 0.3) is 0 Å². The van der Waals surface area contributed by atoms with E-state index in [1.807, 2.05) is 71.6 Å². The number of aliphatic carboxylic acids is 2. The molecule has 9 heteroatoms. The molecule has 9 nitrogen and oxygen atoms in total. The Morgan fingerprint density at radius 3 is 2.35 bits per heavy atom. The molecule has 0 aliphatic carbocycles. The summed E-state index contributed by atoms with van der Waals surface area (Å²) in [7, 11) is 1.62. The summed E-state index contributed by atoms with van der Waals surface area (Å²) in [4.78, 5) is 24.6. The van der Waals surface area contributed by atoms with Gasteiger partial charge >= 0.3 is 11.9 Å². The maximum Gasteiger partial charge on any atom is 0.346 e. The van der Waals surface area contributed by atoms with Crippen LogP contribution >= 0.6 is 0 Å². The summed E-state index contributed by atoms with van der Waals surface area (Å²) >= 11 is 0. The quantitative estimate of drug-likeness (QED) is 0.257. The van der Waals surface area contributed by atoms with E-state index in [0.717, 1.165) is 46.9 Å². The molecule has 3 aromatic carbocycles. The normalized spacial score (nSPS) is 14.1. The molecule has 0 saturated heterocycles. The van der Waals surface area contributed by atoms with Gasteiger partial charge in [-0.15, -0.1) is 0 Å². The number of aryl methyl sites for hydroxylation is 2. The van der Waals surface area contributed by atoms with Crippen LogP contribution in [0.15, 0.2) is 66.7 Å². The fourth-order valence-corrected chi connectivity index (χ4v) is 4.55. The van der Waals surface area contributed by atoms with Crippen molar-refractivity contribution in [3.63, 3.8) is 0 Å². The van der Waals surface area contributed by atoms with E-state index in [1.165, 1.54) is 0 Å². The number of hydrogen-bond acceptors (Lipinski definition) is 7. The van der Waals surface area contributed by atoms with Crippen LogP contribution in [0, 0.1) is 0 Å². The number of rotatable bonds is 15. The highest BCUT2D eigenvalue weighted by Gasteiger charge is 2.31. The largest absolute Gasteiger partial charge is 0.497 e. The van der Waals surface area contributed by atoms with Crippen molar-refractivity contribution in [2.75, 3.05) is 38.3 Å². The summed E-state index contributed by atoms with van der Waals surface area (Å²) in [5.41, 5.74) is 2.85. The van der Waals surface area contributed by atoms with Crippen molar-refractivity contribution in [1.29, 1.82) is 0 Å². The first-order chi connectivity index (χ1) is 19.4. The van der Waals surface area contributed by atoms with Crippen LogP contribution in [0.4, 0.5) is 5.69 Å². The standard InChI is InChI=1S/C31H35NO8/c1-37-25-7-3-8-26(20-25)39-19-5-18-38-24-15-12-22(13-16-24)11-14-23-6-2-9-27-30(23)40-28(31(35)36)21-32(27)17-4-10-29(33)34/h2-3,6-9,12-13,15-16,20,28H,4-5,10-11,14,17-19,21H2,1H3,(H,33,34)(H,35,36). The van der Waals surface area contributed by atoms with Gasteiger partial charge in [0.05, 0.1) is 32.6 Å². The molecule has 1 heterocycles. The van der Waals surface area contributed by atoms with Gasteiger partial charge in [0, 0.05) is 25.5 Å². The predicted octanol–water partition coefficient (Wildman–Crippen LogP) is 4.85. The second-order valence-electron chi connectivity index (χ2n) is 9.53. The second kappa shape index (κ2) is 14.1. The Morgan fingerprint density at radius 2 is 1.62 bits per heavy atom. The van der Waals surface area contributed by atoms with Crippen molar-refractivity contribution in [1.82, 2.24) is 0 Å². The monoisotopic (exact) mass is 549 g/mol. The summed E-state index contributed by atoms with van der Waals surface area (Å²) in [5.74, 6) is 0.962. The molecule has 40 heavy (non-hydrogen) atoms. The van der Waals surface area contributed by atoms with Gasteiger partial charge in [-0.05, 0) is 60.7 Å². The third kappa shape index (κ3) is 8.05. The number of hydrogen-bond donors (Lipinski definition) is 2. The average molecular weight is 550 g/mol. The molecule has 2 N–H and O–H groups in total. The Bertz CT molecular complexity index is 1280. The van der Waals surface area contributed by atoms with E-state index in [4.69, 9.17) is 24.1 Å². The average Bonchev–Trinajstić information content (AvgIpc) is 2.96. The molecule has 1 aliphatic rings. The zero-order valence-electron chi connectivity index (χ0n) is 22.6. The van der Waals surface area contributed by atoms with Crippen LogP contribution < -0.4 is 23.8 Å². The van der Waals surface area contributed by atoms with Gasteiger partial charge in [0.1, 0.15) is 23.0 Å². The fourth-order valence-electron chi connectivity index (χ4n) is 4.55. The molecule has 0 spiro atoms. The smallest absolute Gasteiger partial charge is 0.346 e. The number of fused-ring (bicyclic) bond motifs is 1. The van der Waals surface area contributed by atoms with Gasteiger partial charge in [-0.3, -0.25) is 4.79 Å². The van der Waals surface area contributed by atoms with Crippen molar-refractivity contribution < 1.29 is 38.7 Å². The van der Waals surface area contributed by atoms with Crippen LogP contribution in [0.5, 0.6) is 23.0 Å². The van der Waals surface area contributed by atoms with E-state index in [9.17, 15) is 14.7 Å². The Hall–Kier alpha value is -4.40. The number of para-hydroxylation sites is 1. The number of carbonyl (C=O) groups is 2. The summed E-state index contributed by atoms with van der Waals surface area (Å²) in [6.07, 6.45) is 1.60. The Labute approximate surface area is 233 Å². The lowest BCUT2D eigenvalue weighted by molar-refractivity contribution is -0.145. The van der Waals surface area contributed by atoms with Crippen molar-refractivity contribution in [2.24, 2.45) is 0 Å². The van der Waals surface area contributed by atoms with E-state index in [1.54, 1.807) is 7.11 Å². The lowest BCUT2D eigenvalue weighted by atomic mass is 10.0. The first kappa shape index (κ1) is 28.6. The minimum atomic E-state index is -1.04. The number of benzene rings is 3. The van der Waals surface area contributed by atoms with Crippen LogP contribution in [0.1, 0.15) is 30.4 Å². The van der Waals surface area contributed by atoms with Crippen LogP contribution in [-0.2, 0) is 22.4 Å². The molecule has 4 rings (SSSR count). The Kier molecular flexibility index (Phi) is 10.1.